The molecule has 1 aliphatic heterocycles. The van der Waals surface area contributed by atoms with Crippen LogP contribution in [0.25, 0.3) is 0 Å². The maximum absolute atomic E-state index is 12.5. The summed E-state index contributed by atoms with van der Waals surface area (Å²) in [5.74, 6) is -0.0275. The molecule has 3 rings (SSSR count). The summed E-state index contributed by atoms with van der Waals surface area (Å²) < 4.78 is 0. The first-order valence-corrected chi connectivity index (χ1v) is 7.89. The van der Waals surface area contributed by atoms with E-state index in [1.807, 2.05) is 30.3 Å². The summed E-state index contributed by atoms with van der Waals surface area (Å²) in [5, 5.41) is 3.24. The molecule has 1 aromatic carbocycles. The molecule has 0 radical (unpaired) electrons. The van der Waals surface area contributed by atoms with Gasteiger partial charge in [0.2, 0.25) is 11.8 Å². The summed E-state index contributed by atoms with van der Waals surface area (Å²) in [6.45, 7) is 0.628. The largest absolute Gasteiger partial charge is 0.301 e. The Morgan fingerprint density at radius 3 is 2.48 bits per heavy atom. The number of hydrogen-bond acceptors (Lipinski definition) is 3. The van der Waals surface area contributed by atoms with E-state index in [0.717, 1.165) is 31.2 Å². The van der Waals surface area contributed by atoms with Gasteiger partial charge in [-0.05, 0) is 18.4 Å². The van der Waals surface area contributed by atoms with E-state index in [0.29, 0.717) is 13.0 Å². The topological polar surface area (TPSA) is 49.4 Å². The average molecular weight is 286 g/mol. The SMILES string of the molecule is O=C1CC(NCc2ccccc2)C(=O)N1C1CCCCC1. The quantitative estimate of drug-likeness (QED) is 0.864. The normalized spacial score (nSPS) is 23.8. The van der Waals surface area contributed by atoms with Gasteiger partial charge in [0.1, 0.15) is 0 Å². The molecule has 1 aromatic rings. The van der Waals surface area contributed by atoms with Crippen molar-refractivity contribution in [1.29, 1.82) is 0 Å². The Morgan fingerprint density at radius 1 is 1.05 bits per heavy atom. The molecule has 2 aliphatic rings. The van der Waals surface area contributed by atoms with Crippen molar-refractivity contribution in [3.63, 3.8) is 0 Å². The number of rotatable bonds is 4. The highest BCUT2D eigenvalue weighted by Crippen LogP contribution is 2.27. The molecule has 1 N–H and O–H groups in total. The Morgan fingerprint density at radius 2 is 1.76 bits per heavy atom. The second-order valence-electron chi connectivity index (χ2n) is 6.02. The average Bonchev–Trinajstić information content (AvgIpc) is 2.81. The van der Waals surface area contributed by atoms with Gasteiger partial charge in [0, 0.05) is 12.6 Å². The van der Waals surface area contributed by atoms with Crippen LogP contribution in [0.1, 0.15) is 44.1 Å². The zero-order valence-electron chi connectivity index (χ0n) is 12.3. The Labute approximate surface area is 125 Å². The molecule has 4 nitrogen and oxygen atoms in total. The van der Waals surface area contributed by atoms with Gasteiger partial charge in [0.15, 0.2) is 0 Å². The van der Waals surface area contributed by atoms with Crippen LogP contribution in [0.15, 0.2) is 30.3 Å². The maximum atomic E-state index is 12.5. The molecular weight excluding hydrogens is 264 g/mol. The molecule has 21 heavy (non-hydrogen) atoms. The fraction of sp³-hybridized carbons (Fsp3) is 0.529. The Balaban J connectivity index is 1.60. The Kier molecular flexibility index (Phi) is 4.34. The van der Waals surface area contributed by atoms with Crippen molar-refractivity contribution in [2.24, 2.45) is 0 Å². The number of likely N-dealkylation sites (tertiary alicyclic amines) is 1. The first-order chi connectivity index (χ1) is 10.3. The summed E-state index contributed by atoms with van der Waals surface area (Å²) >= 11 is 0. The van der Waals surface area contributed by atoms with Gasteiger partial charge in [0.25, 0.3) is 0 Å². The van der Waals surface area contributed by atoms with Gasteiger partial charge in [-0.3, -0.25) is 14.5 Å². The number of nitrogens with zero attached hydrogens (tertiary/aromatic N) is 1. The molecule has 0 spiro atoms. The van der Waals surface area contributed by atoms with Crippen LogP contribution in [0.5, 0.6) is 0 Å². The molecule has 1 saturated carbocycles. The zero-order chi connectivity index (χ0) is 14.7. The van der Waals surface area contributed by atoms with Crippen LogP contribution in [0, 0.1) is 0 Å². The van der Waals surface area contributed by atoms with Crippen LogP contribution in [-0.4, -0.2) is 28.8 Å². The third kappa shape index (κ3) is 3.16. The van der Waals surface area contributed by atoms with Crippen molar-refractivity contribution in [3.8, 4) is 0 Å². The number of carbonyl (C=O) groups excluding carboxylic acids is 2. The van der Waals surface area contributed by atoms with Gasteiger partial charge < -0.3 is 5.32 Å². The molecule has 1 unspecified atom stereocenters. The number of benzene rings is 1. The molecule has 1 saturated heterocycles. The molecular formula is C17H22N2O2. The maximum Gasteiger partial charge on any atom is 0.247 e. The lowest BCUT2D eigenvalue weighted by Gasteiger charge is -2.29. The van der Waals surface area contributed by atoms with Gasteiger partial charge in [-0.1, -0.05) is 49.6 Å². The molecule has 2 amide bonds. The zero-order valence-corrected chi connectivity index (χ0v) is 12.3. The van der Waals surface area contributed by atoms with Crippen molar-refractivity contribution in [1.82, 2.24) is 10.2 Å². The van der Waals surface area contributed by atoms with Crippen molar-refractivity contribution >= 4 is 11.8 Å². The summed E-state index contributed by atoms with van der Waals surface area (Å²) in [7, 11) is 0. The number of amides is 2. The lowest BCUT2D eigenvalue weighted by Crippen LogP contribution is -2.44. The van der Waals surface area contributed by atoms with Crippen molar-refractivity contribution in [2.45, 2.75) is 57.2 Å². The van der Waals surface area contributed by atoms with Crippen molar-refractivity contribution < 1.29 is 9.59 Å². The second kappa shape index (κ2) is 6.39. The predicted octanol–water partition coefficient (Wildman–Crippen LogP) is 2.24. The van der Waals surface area contributed by atoms with E-state index in [4.69, 9.17) is 0 Å². The number of nitrogens with one attached hydrogen (secondary N) is 1. The molecule has 1 atom stereocenters. The number of hydrogen-bond donors (Lipinski definition) is 1. The second-order valence-corrected chi connectivity index (χ2v) is 6.02. The van der Waals surface area contributed by atoms with E-state index in [2.05, 4.69) is 5.32 Å². The highest BCUT2D eigenvalue weighted by Gasteiger charge is 2.42. The Hall–Kier alpha value is -1.68. The van der Waals surface area contributed by atoms with Gasteiger partial charge in [-0.25, -0.2) is 0 Å². The van der Waals surface area contributed by atoms with E-state index >= 15 is 0 Å². The van der Waals surface area contributed by atoms with E-state index in [1.165, 1.54) is 6.42 Å². The molecule has 0 bridgehead atoms. The third-order valence-electron chi connectivity index (χ3n) is 4.52. The van der Waals surface area contributed by atoms with Crippen LogP contribution in [0.3, 0.4) is 0 Å². The summed E-state index contributed by atoms with van der Waals surface area (Å²) in [5.41, 5.74) is 1.13. The monoisotopic (exact) mass is 286 g/mol. The van der Waals surface area contributed by atoms with Crippen LogP contribution < -0.4 is 5.32 Å². The van der Waals surface area contributed by atoms with E-state index in [1.54, 1.807) is 4.90 Å². The number of carbonyl (C=O) groups is 2. The lowest BCUT2D eigenvalue weighted by atomic mass is 9.94. The molecule has 1 aliphatic carbocycles. The Bertz CT molecular complexity index is 509. The fourth-order valence-corrected chi connectivity index (χ4v) is 3.37. The van der Waals surface area contributed by atoms with Crippen LogP contribution in [0.4, 0.5) is 0 Å². The van der Waals surface area contributed by atoms with Gasteiger partial charge in [-0.15, -0.1) is 0 Å². The molecule has 1 heterocycles. The lowest BCUT2D eigenvalue weighted by molar-refractivity contribution is -0.142. The minimum atomic E-state index is -0.348. The predicted molar refractivity (Wildman–Crippen MR) is 80.4 cm³/mol. The fourth-order valence-electron chi connectivity index (χ4n) is 3.37. The smallest absolute Gasteiger partial charge is 0.247 e. The first-order valence-electron chi connectivity index (χ1n) is 7.89. The van der Waals surface area contributed by atoms with Crippen molar-refractivity contribution in [3.05, 3.63) is 35.9 Å². The van der Waals surface area contributed by atoms with E-state index in [9.17, 15) is 9.59 Å². The minimum absolute atomic E-state index is 0.00235. The van der Waals surface area contributed by atoms with Crippen LogP contribution in [0.2, 0.25) is 0 Å². The standard InChI is InChI=1S/C17H22N2O2/c20-16-11-15(18-12-13-7-3-1-4-8-13)17(21)19(16)14-9-5-2-6-10-14/h1,3-4,7-8,14-15,18H,2,5-6,9-12H2. The minimum Gasteiger partial charge on any atom is -0.301 e. The summed E-state index contributed by atoms with van der Waals surface area (Å²) in [4.78, 5) is 26.2. The van der Waals surface area contributed by atoms with Gasteiger partial charge in [-0.2, -0.15) is 0 Å². The van der Waals surface area contributed by atoms with Crippen molar-refractivity contribution in [2.75, 3.05) is 0 Å². The molecule has 4 heteroatoms. The summed E-state index contributed by atoms with van der Waals surface area (Å²) in [6.07, 6.45) is 5.74. The van der Waals surface area contributed by atoms with Gasteiger partial charge in [0.05, 0.1) is 12.5 Å². The highest BCUT2D eigenvalue weighted by molar-refractivity contribution is 6.05. The highest BCUT2D eigenvalue weighted by atomic mass is 16.2. The molecule has 0 aromatic heterocycles. The molecule has 112 valence electrons. The summed E-state index contributed by atoms with van der Waals surface area (Å²) in [6, 6.07) is 9.76. The number of imide groups is 1. The van der Waals surface area contributed by atoms with Crippen LogP contribution >= 0.6 is 0 Å². The first kappa shape index (κ1) is 14.3. The van der Waals surface area contributed by atoms with Crippen LogP contribution in [-0.2, 0) is 16.1 Å². The third-order valence-corrected chi connectivity index (χ3v) is 4.52. The molecule has 2 fully saturated rings. The van der Waals surface area contributed by atoms with Gasteiger partial charge >= 0.3 is 0 Å². The van der Waals surface area contributed by atoms with E-state index < -0.39 is 0 Å². The van der Waals surface area contributed by atoms with E-state index in [-0.39, 0.29) is 23.9 Å².